The number of nitrogens with zero attached hydrogens (tertiary/aromatic N) is 3. The molecule has 0 saturated carbocycles. The number of methoxy groups -OCH3 is 1. The van der Waals surface area contributed by atoms with Gasteiger partial charge in [-0.15, -0.1) is 0 Å². The summed E-state index contributed by atoms with van der Waals surface area (Å²) >= 11 is 0. The minimum absolute atomic E-state index is 0.000920. The number of allylic oxidation sites excluding steroid dienone is 2. The van der Waals surface area contributed by atoms with Gasteiger partial charge in [-0.1, -0.05) is 21.8 Å². The molecule has 216 valence electrons. The molecule has 3 heterocycles. The van der Waals surface area contributed by atoms with Crippen molar-refractivity contribution in [1.82, 2.24) is 10.3 Å². The van der Waals surface area contributed by atoms with Crippen LogP contribution in [0, 0.1) is 5.41 Å². The van der Waals surface area contributed by atoms with Gasteiger partial charge in [-0.05, 0) is 90.6 Å². The maximum Gasteiger partial charge on any atom is 0.377 e. The fraction of sp³-hybridized carbons (Fsp3) is 0.469. The molecule has 41 heavy (non-hydrogen) atoms. The molecule has 1 amide bonds. The van der Waals surface area contributed by atoms with Gasteiger partial charge < -0.3 is 14.8 Å². The van der Waals surface area contributed by atoms with Crippen LogP contribution in [0.15, 0.2) is 52.8 Å². The Morgan fingerprint density at radius 1 is 1.05 bits per heavy atom. The molecule has 1 saturated heterocycles. The van der Waals surface area contributed by atoms with E-state index in [-0.39, 0.29) is 29.0 Å². The van der Waals surface area contributed by atoms with Crippen LogP contribution in [0.25, 0.3) is 11.3 Å². The third kappa shape index (κ3) is 5.36. The van der Waals surface area contributed by atoms with E-state index < -0.39 is 16.2 Å². The molecule has 1 atom stereocenters. The number of quaternary nitrogens is 1. The number of hydrogen-bond donors (Lipinski definition) is 1. The van der Waals surface area contributed by atoms with Crippen molar-refractivity contribution in [1.29, 1.82) is 0 Å². The number of ketones is 1. The summed E-state index contributed by atoms with van der Waals surface area (Å²) in [5.41, 5.74) is 2.44. The zero-order chi connectivity index (χ0) is 29.6. The van der Waals surface area contributed by atoms with Gasteiger partial charge in [-0.2, -0.15) is 0 Å². The van der Waals surface area contributed by atoms with E-state index in [4.69, 9.17) is 14.6 Å². The molecule has 0 radical (unpaired) electrons. The van der Waals surface area contributed by atoms with Crippen molar-refractivity contribution in [2.75, 3.05) is 20.2 Å². The maximum atomic E-state index is 14.5. The maximum absolute atomic E-state index is 14.5. The Balaban J connectivity index is 1.54. The average Bonchev–Trinajstić information content (AvgIpc) is 3.32. The quantitative estimate of drug-likeness (QED) is 0.403. The Morgan fingerprint density at radius 3 is 2.44 bits per heavy atom. The largest absolute Gasteiger partial charge is 0.481 e. The Labute approximate surface area is 241 Å². The molecule has 9 heteroatoms. The van der Waals surface area contributed by atoms with E-state index in [9.17, 15) is 14.4 Å². The number of pyridine rings is 1. The lowest BCUT2D eigenvalue weighted by atomic mass is 9.67. The molecular weight excluding hydrogens is 520 g/mol. The molecule has 0 bridgehead atoms. The summed E-state index contributed by atoms with van der Waals surface area (Å²) in [7, 11) is 1.49. The SMILES string of the molecule is COc1cc(C(=O)[N+]2(C(C)C)N=CC3=C2C(=O)CC2(CCNCC2)C3)cc(-c2cccc(C(=O)OC(C)(C)C)c2)n1. The summed E-state index contributed by atoms with van der Waals surface area (Å²) in [5.74, 6) is -0.521. The predicted molar refractivity (Wildman–Crippen MR) is 155 cm³/mol. The number of aromatic nitrogens is 1. The molecule has 2 aromatic rings. The van der Waals surface area contributed by atoms with Crippen LogP contribution in [0.1, 0.15) is 81.0 Å². The van der Waals surface area contributed by atoms with Crippen LogP contribution in [0.2, 0.25) is 0 Å². The van der Waals surface area contributed by atoms with Crippen molar-refractivity contribution in [3.63, 3.8) is 0 Å². The standard InChI is InChI=1S/C32H39N4O5/c1-20(2)36(28-24(19-34-36)17-32(18-26(28)37)10-12-33-13-11-32)29(38)23-15-25(35-27(16-23)40-6)21-8-7-9-22(14-21)30(39)41-31(3,4)5/h7-9,14-16,19-20,33H,10-13,17-18H2,1-6H3/q+1. The summed E-state index contributed by atoms with van der Waals surface area (Å²) < 4.78 is 10.6. The number of benzene rings is 1. The normalized spacial score (nSPS) is 21.8. The lowest BCUT2D eigenvalue weighted by molar-refractivity contribution is -0.833. The number of hydrogen-bond acceptors (Lipinski definition) is 8. The summed E-state index contributed by atoms with van der Waals surface area (Å²) in [4.78, 5) is 45.6. The summed E-state index contributed by atoms with van der Waals surface area (Å²) in [6.45, 7) is 11.1. The van der Waals surface area contributed by atoms with Crippen LogP contribution >= 0.6 is 0 Å². The first kappa shape index (κ1) is 28.8. The van der Waals surface area contributed by atoms with Gasteiger partial charge in [0.05, 0.1) is 30.1 Å². The molecule has 3 aliphatic rings. The van der Waals surface area contributed by atoms with E-state index in [0.29, 0.717) is 34.5 Å². The van der Waals surface area contributed by atoms with Crippen LogP contribution in [-0.2, 0) is 9.53 Å². The highest BCUT2D eigenvalue weighted by molar-refractivity contribution is 6.06. The number of Topliss-reactive ketones (excluding diaryl/α,β-unsaturated/α-hetero) is 1. The monoisotopic (exact) mass is 559 g/mol. The van der Waals surface area contributed by atoms with E-state index in [1.54, 1.807) is 36.5 Å². The molecule has 1 unspecified atom stereocenters. The van der Waals surface area contributed by atoms with Crippen molar-refractivity contribution in [3.8, 4) is 17.1 Å². The van der Waals surface area contributed by atoms with Gasteiger partial charge in [0.15, 0.2) is 0 Å². The van der Waals surface area contributed by atoms with Gasteiger partial charge in [0.25, 0.3) is 0 Å². The highest BCUT2D eigenvalue weighted by Crippen LogP contribution is 2.49. The second kappa shape index (κ2) is 10.6. The molecule has 1 N–H and O–H groups in total. The summed E-state index contributed by atoms with van der Waals surface area (Å²) in [6.07, 6.45) is 4.80. The second-order valence-corrected chi connectivity index (χ2v) is 12.6. The van der Waals surface area contributed by atoms with Crippen LogP contribution in [0.5, 0.6) is 5.88 Å². The molecule has 1 aromatic heterocycles. The number of piperidine rings is 1. The smallest absolute Gasteiger partial charge is 0.377 e. The Hall–Kier alpha value is -3.69. The topological polar surface area (TPSA) is 107 Å². The first-order valence-corrected chi connectivity index (χ1v) is 14.2. The first-order valence-electron chi connectivity index (χ1n) is 14.2. The van der Waals surface area contributed by atoms with Crippen molar-refractivity contribution < 1.29 is 28.4 Å². The van der Waals surface area contributed by atoms with Crippen LogP contribution in [0.4, 0.5) is 0 Å². The van der Waals surface area contributed by atoms with E-state index >= 15 is 0 Å². The fourth-order valence-corrected chi connectivity index (χ4v) is 6.20. The molecule has 9 nitrogen and oxygen atoms in total. The second-order valence-electron chi connectivity index (χ2n) is 12.6. The van der Waals surface area contributed by atoms with E-state index in [0.717, 1.165) is 37.9 Å². The van der Waals surface area contributed by atoms with Crippen LogP contribution in [0.3, 0.4) is 0 Å². The number of esters is 1. The van der Waals surface area contributed by atoms with Crippen molar-refractivity contribution in [2.45, 2.75) is 71.9 Å². The zero-order valence-corrected chi connectivity index (χ0v) is 24.7. The molecule has 5 rings (SSSR count). The predicted octanol–water partition coefficient (Wildman–Crippen LogP) is 5.06. The third-order valence-corrected chi connectivity index (χ3v) is 8.18. The molecule has 1 spiro atoms. The number of carbonyl (C=O) groups is 3. The number of ether oxygens (including phenoxy) is 2. The number of nitrogens with one attached hydrogen (secondary N) is 1. The minimum atomic E-state index is -0.636. The average molecular weight is 560 g/mol. The van der Waals surface area contributed by atoms with E-state index in [1.165, 1.54) is 7.11 Å². The molecule has 2 aliphatic heterocycles. The van der Waals surface area contributed by atoms with Gasteiger partial charge in [0.2, 0.25) is 17.4 Å². The van der Waals surface area contributed by atoms with Crippen molar-refractivity contribution >= 4 is 23.9 Å². The Bertz CT molecular complexity index is 1460. The van der Waals surface area contributed by atoms with Crippen molar-refractivity contribution in [2.24, 2.45) is 10.5 Å². The Morgan fingerprint density at radius 2 is 1.78 bits per heavy atom. The fourth-order valence-electron chi connectivity index (χ4n) is 6.20. The zero-order valence-electron chi connectivity index (χ0n) is 24.7. The van der Waals surface area contributed by atoms with Gasteiger partial charge >= 0.3 is 11.9 Å². The van der Waals surface area contributed by atoms with E-state index in [1.807, 2.05) is 40.7 Å². The first-order chi connectivity index (χ1) is 19.4. The van der Waals surface area contributed by atoms with Crippen molar-refractivity contribution in [3.05, 3.63) is 58.8 Å². The van der Waals surface area contributed by atoms with Gasteiger partial charge in [0.1, 0.15) is 11.6 Å². The molecule has 1 aliphatic carbocycles. The number of carbonyl (C=O) groups excluding carboxylic acids is 3. The minimum Gasteiger partial charge on any atom is -0.481 e. The van der Waals surface area contributed by atoms with Gasteiger partial charge in [-0.3, -0.25) is 4.79 Å². The van der Waals surface area contributed by atoms with Gasteiger partial charge in [0, 0.05) is 23.6 Å². The highest BCUT2D eigenvalue weighted by Gasteiger charge is 2.57. The number of amides is 1. The lowest BCUT2D eigenvalue weighted by Crippen LogP contribution is -2.54. The van der Waals surface area contributed by atoms with Gasteiger partial charge in [-0.25, -0.2) is 14.6 Å². The van der Waals surface area contributed by atoms with E-state index in [2.05, 4.69) is 10.3 Å². The third-order valence-electron chi connectivity index (χ3n) is 8.18. The summed E-state index contributed by atoms with van der Waals surface area (Å²) in [6, 6.07) is 9.88. The molecule has 1 aromatic carbocycles. The lowest BCUT2D eigenvalue weighted by Gasteiger charge is -2.41. The van der Waals surface area contributed by atoms with Crippen LogP contribution < -0.4 is 10.1 Å². The van der Waals surface area contributed by atoms with Crippen LogP contribution in [-0.4, -0.2) is 65.3 Å². The molecule has 1 fully saturated rings. The Kier molecular flexibility index (Phi) is 7.46. The highest BCUT2D eigenvalue weighted by atomic mass is 16.6. The summed E-state index contributed by atoms with van der Waals surface area (Å²) in [5, 5.41) is 8.17. The number of rotatable bonds is 5. The molecular formula is C32H39N4O5+.